The standard InChI is InChI=1S/C21H18F3N3O3S/c1-13(28)26-16-4-2-3-14(11-16)12-25-18-9-10-31-19(18)20(29)27-15-5-7-17(8-6-15)30-21(22,23)24/h2-11,25H,12H2,1H3,(H,26,28)(H,27,29). The predicted molar refractivity (Wildman–Crippen MR) is 113 cm³/mol. The van der Waals surface area contributed by atoms with E-state index in [1.807, 2.05) is 18.2 Å². The molecule has 6 nitrogen and oxygen atoms in total. The Morgan fingerprint density at radius 2 is 1.74 bits per heavy atom. The summed E-state index contributed by atoms with van der Waals surface area (Å²) in [6.07, 6.45) is -4.77. The first-order chi connectivity index (χ1) is 14.7. The van der Waals surface area contributed by atoms with Crippen molar-refractivity contribution >= 4 is 40.2 Å². The van der Waals surface area contributed by atoms with Crippen molar-refractivity contribution in [2.45, 2.75) is 19.8 Å². The summed E-state index contributed by atoms with van der Waals surface area (Å²) in [7, 11) is 0. The Morgan fingerprint density at radius 1 is 1.00 bits per heavy atom. The summed E-state index contributed by atoms with van der Waals surface area (Å²) in [5.41, 5.74) is 2.53. The SMILES string of the molecule is CC(=O)Nc1cccc(CNc2ccsc2C(=O)Nc2ccc(OC(F)(F)F)cc2)c1. The van der Waals surface area contributed by atoms with Crippen LogP contribution in [0.1, 0.15) is 22.2 Å². The molecule has 0 atom stereocenters. The largest absolute Gasteiger partial charge is 0.573 e. The number of alkyl halides is 3. The zero-order valence-electron chi connectivity index (χ0n) is 16.2. The van der Waals surface area contributed by atoms with Gasteiger partial charge in [-0.15, -0.1) is 24.5 Å². The lowest BCUT2D eigenvalue weighted by Crippen LogP contribution is -2.17. The van der Waals surface area contributed by atoms with Crippen molar-refractivity contribution in [2.75, 3.05) is 16.0 Å². The van der Waals surface area contributed by atoms with Crippen molar-refractivity contribution < 1.29 is 27.5 Å². The molecule has 0 bridgehead atoms. The van der Waals surface area contributed by atoms with Crippen LogP contribution in [0.15, 0.2) is 60.0 Å². The number of halogens is 3. The third-order valence-electron chi connectivity index (χ3n) is 3.95. The Kier molecular flexibility index (Phi) is 6.81. The van der Waals surface area contributed by atoms with Crippen molar-refractivity contribution in [1.82, 2.24) is 0 Å². The van der Waals surface area contributed by atoms with E-state index in [-0.39, 0.29) is 11.7 Å². The van der Waals surface area contributed by atoms with Gasteiger partial charge in [-0.3, -0.25) is 9.59 Å². The molecule has 1 aromatic heterocycles. The minimum Gasteiger partial charge on any atom is -0.406 e. The van der Waals surface area contributed by atoms with Crippen LogP contribution in [0.2, 0.25) is 0 Å². The summed E-state index contributed by atoms with van der Waals surface area (Å²) < 4.78 is 40.5. The second kappa shape index (κ2) is 9.52. The average molecular weight is 449 g/mol. The van der Waals surface area contributed by atoms with E-state index in [0.717, 1.165) is 17.7 Å². The number of rotatable bonds is 7. The second-order valence-corrected chi connectivity index (χ2v) is 7.34. The molecule has 0 saturated carbocycles. The van der Waals surface area contributed by atoms with Gasteiger partial charge in [0.05, 0.1) is 5.69 Å². The Hall–Kier alpha value is -3.53. The van der Waals surface area contributed by atoms with Gasteiger partial charge in [0.1, 0.15) is 10.6 Å². The van der Waals surface area contributed by atoms with Crippen LogP contribution in [-0.4, -0.2) is 18.2 Å². The van der Waals surface area contributed by atoms with Gasteiger partial charge >= 0.3 is 6.36 Å². The number of nitrogens with one attached hydrogen (secondary N) is 3. The zero-order chi connectivity index (χ0) is 22.4. The molecular weight excluding hydrogens is 431 g/mol. The number of carbonyl (C=O) groups is 2. The first-order valence-electron chi connectivity index (χ1n) is 9.05. The molecule has 0 aliphatic carbocycles. The van der Waals surface area contributed by atoms with Crippen molar-refractivity contribution in [3.05, 3.63) is 70.4 Å². The van der Waals surface area contributed by atoms with Gasteiger partial charge in [-0.25, -0.2) is 0 Å². The molecule has 0 spiro atoms. The molecule has 2 aromatic carbocycles. The number of hydrogen-bond acceptors (Lipinski definition) is 5. The fourth-order valence-corrected chi connectivity index (χ4v) is 3.48. The van der Waals surface area contributed by atoms with Crippen LogP contribution in [0, 0.1) is 0 Å². The van der Waals surface area contributed by atoms with E-state index in [4.69, 9.17) is 0 Å². The van der Waals surface area contributed by atoms with E-state index < -0.39 is 12.3 Å². The van der Waals surface area contributed by atoms with Crippen LogP contribution in [0.4, 0.5) is 30.2 Å². The molecule has 0 saturated heterocycles. The van der Waals surface area contributed by atoms with Gasteiger partial charge in [-0.1, -0.05) is 12.1 Å². The maximum atomic E-state index is 12.6. The maximum Gasteiger partial charge on any atom is 0.573 e. The molecule has 0 radical (unpaired) electrons. The Bertz CT molecular complexity index is 1070. The highest BCUT2D eigenvalue weighted by Crippen LogP contribution is 2.27. The highest BCUT2D eigenvalue weighted by molar-refractivity contribution is 7.12. The molecule has 0 fully saturated rings. The Balaban J connectivity index is 1.62. The topological polar surface area (TPSA) is 79.5 Å². The van der Waals surface area contributed by atoms with Crippen LogP contribution in [0.25, 0.3) is 0 Å². The number of anilines is 3. The minimum atomic E-state index is -4.77. The van der Waals surface area contributed by atoms with E-state index >= 15 is 0 Å². The molecule has 2 amide bonds. The third-order valence-corrected chi connectivity index (χ3v) is 4.86. The van der Waals surface area contributed by atoms with E-state index in [9.17, 15) is 22.8 Å². The maximum absolute atomic E-state index is 12.6. The molecule has 3 N–H and O–H groups in total. The fraction of sp³-hybridized carbons (Fsp3) is 0.143. The molecule has 0 aliphatic heterocycles. The van der Waals surface area contributed by atoms with Crippen molar-refractivity contribution in [3.63, 3.8) is 0 Å². The number of hydrogen-bond donors (Lipinski definition) is 3. The Labute approximate surface area is 180 Å². The van der Waals surface area contributed by atoms with Gasteiger partial charge in [0, 0.05) is 24.8 Å². The summed E-state index contributed by atoms with van der Waals surface area (Å²) in [4.78, 5) is 24.2. The van der Waals surface area contributed by atoms with E-state index in [0.29, 0.717) is 28.5 Å². The van der Waals surface area contributed by atoms with E-state index in [1.165, 1.54) is 30.4 Å². The number of amides is 2. The van der Waals surface area contributed by atoms with Gasteiger partial charge in [-0.05, 0) is 53.4 Å². The first-order valence-corrected chi connectivity index (χ1v) is 9.92. The van der Waals surface area contributed by atoms with Crippen LogP contribution >= 0.6 is 11.3 Å². The fourth-order valence-electron chi connectivity index (χ4n) is 2.71. The van der Waals surface area contributed by atoms with Gasteiger partial charge in [0.25, 0.3) is 5.91 Å². The molecule has 1 heterocycles. The lowest BCUT2D eigenvalue weighted by Gasteiger charge is -2.11. The average Bonchev–Trinajstić information content (AvgIpc) is 3.15. The lowest BCUT2D eigenvalue weighted by atomic mass is 10.2. The van der Waals surface area contributed by atoms with Gasteiger partial charge in [0.15, 0.2) is 0 Å². The Morgan fingerprint density at radius 3 is 2.42 bits per heavy atom. The highest BCUT2D eigenvalue weighted by atomic mass is 32.1. The third kappa shape index (κ3) is 6.75. The summed E-state index contributed by atoms with van der Waals surface area (Å²) in [5, 5.41) is 10.3. The van der Waals surface area contributed by atoms with Crippen LogP contribution in [0.3, 0.4) is 0 Å². The van der Waals surface area contributed by atoms with E-state index in [1.54, 1.807) is 17.5 Å². The van der Waals surface area contributed by atoms with Crippen LogP contribution in [0.5, 0.6) is 5.75 Å². The number of benzene rings is 2. The zero-order valence-corrected chi connectivity index (χ0v) is 17.1. The molecule has 3 aromatic rings. The van der Waals surface area contributed by atoms with Crippen molar-refractivity contribution in [3.8, 4) is 5.75 Å². The normalized spacial score (nSPS) is 11.0. The number of ether oxygens (including phenoxy) is 1. The smallest absolute Gasteiger partial charge is 0.406 e. The minimum absolute atomic E-state index is 0.167. The summed E-state index contributed by atoms with van der Waals surface area (Å²) in [6, 6.07) is 14.0. The summed E-state index contributed by atoms with van der Waals surface area (Å²) in [5.74, 6) is -0.931. The monoisotopic (exact) mass is 449 g/mol. The molecule has 0 aliphatic rings. The highest BCUT2D eigenvalue weighted by Gasteiger charge is 2.31. The van der Waals surface area contributed by atoms with Crippen molar-refractivity contribution in [2.24, 2.45) is 0 Å². The lowest BCUT2D eigenvalue weighted by molar-refractivity contribution is -0.274. The second-order valence-electron chi connectivity index (χ2n) is 6.42. The predicted octanol–water partition coefficient (Wildman–Crippen LogP) is 5.47. The summed E-state index contributed by atoms with van der Waals surface area (Å²) in [6.45, 7) is 1.85. The van der Waals surface area contributed by atoms with Gasteiger partial charge < -0.3 is 20.7 Å². The molecule has 162 valence electrons. The summed E-state index contributed by atoms with van der Waals surface area (Å²) >= 11 is 1.23. The van der Waals surface area contributed by atoms with Crippen LogP contribution < -0.4 is 20.7 Å². The molecule has 3 rings (SSSR count). The quantitative estimate of drug-likeness (QED) is 0.447. The van der Waals surface area contributed by atoms with Crippen LogP contribution in [-0.2, 0) is 11.3 Å². The van der Waals surface area contributed by atoms with E-state index in [2.05, 4.69) is 20.7 Å². The number of thiophene rings is 1. The molecule has 0 unspecified atom stereocenters. The van der Waals surface area contributed by atoms with Gasteiger partial charge in [0.2, 0.25) is 5.91 Å². The molecular formula is C21H18F3N3O3S. The van der Waals surface area contributed by atoms with Crippen molar-refractivity contribution in [1.29, 1.82) is 0 Å². The van der Waals surface area contributed by atoms with Gasteiger partial charge in [-0.2, -0.15) is 0 Å². The molecule has 10 heteroatoms. The molecule has 31 heavy (non-hydrogen) atoms. The number of carbonyl (C=O) groups excluding carboxylic acids is 2. The first kappa shape index (κ1) is 22.2.